The van der Waals surface area contributed by atoms with Crippen LogP contribution in [0.2, 0.25) is 0 Å². The van der Waals surface area contributed by atoms with Crippen molar-refractivity contribution in [2.24, 2.45) is 0 Å². The zero-order valence-electron chi connectivity index (χ0n) is 11.3. The molecule has 0 aliphatic rings. The summed E-state index contributed by atoms with van der Waals surface area (Å²) in [5.74, 6) is 0. The van der Waals surface area contributed by atoms with Gasteiger partial charge in [0.25, 0.3) is 0 Å². The van der Waals surface area contributed by atoms with Crippen molar-refractivity contribution < 1.29 is 4.39 Å². The SMILES string of the molecule is C/C=C\CC.C=C.C=C(C)CF.CCC. The zero-order valence-corrected chi connectivity index (χ0v) is 11.3. The van der Waals surface area contributed by atoms with Gasteiger partial charge in [0.05, 0.1) is 0 Å². The molecular formula is C14H29F. The lowest BCUT2D eigenvalue weighted by atomic mass is 10.4. The van der Waals surface area contributed by atoms with Crippen molar-refractivity contribution in [3.8, 4) is 0 Å². The Morgan fingerprint density at radius 2 is 1.47 bits per heavy atom. The maximum absolute atomic E-state index is 11.0. The molecule has 0 bridgehead atoms. The third kappa shape index (κ3) is 165. The first-order chi connectivity index (χ1) is 7.10. The van der Waals surface area contributed by atoms with E-state index >= 15 is 0 Å². The van der Waals surface area contributed by atoms with Crippen LogP contribution in [0.1, 0.15) is 47.5 Å². The number of halogens is 1. The molecule has 0 aromatic carbocycles. The number of hydrogen-bond acceptors (Lipinski definition) is 0. The summed E-state index contributed by atoms with van der Waals surface area (Å²) < 4.78 is 11.0. The lowest BCUT2D eigenvalue weighted by molar-refractivity contribution is 0.544. The molecule has 0 unspecified atom stereocenters. The summed E-state index contributed by atoms with van der Waals surface area (Å²) in [7, 11) is 0. The Bertz CT molecular complexity index is 115. The highest BCUT2D eigenvalue weighted by Gasteiger charge is 1.71. The number of alkyl halides is 1. The van der Waals surface area contributed by atoms with Crippen LogP contribution in [0.4, 0.5) is 4.39 Å². The van der Waals surface area contributed by atoms with Crippen LogP contribution in [0.3, 0.4) is 0 Å². The fraction of sp³-hybridized carbons (Fsp3) is 0.571. The fourth-order valence-corrected chi connectivity index (χ4v) is 0.236. The average molecular weight is 216 g/mol. The van der Waals surface area contributed by atoms with E-state index in [1.807, 2.05) is 6.92 Å². The molecule has 0 atom stereocenters. The van der Waals surface area contributed by atoms with Crippen molar-refractivity contribution in [2.75, 3.05) is 6.67 Å². The first-order valence-electron chi connectivity index (χ1n) is 5.41. The molecule has 0 heterocycles. The molecule has 0 aliphatic carbocycles. The van der Waals surface area contributed by atoms with Gasteiger partial charge in [-0.1, -0.05) is 45.9 Å². The minimum atomic E-state index is -0.389. The lowest BCUT2D eigenvalue weighted by Gasteiger charge is -1.76. The third-order valence-electron chi connectivity index (χ3n) is 0.700. The molecule has 15 heavy (non-hydrogen) atoms. The molecule has 0 radical (unpaired) electrons. The van der Waals surface area contributed by atoms with Gasteiger partial charge in [0.2, 0.25) is 0 Å². The van der Waals surface area contributed by atoms with Crippen LogP contribution in [-0.4, -0.2) is 6.67 Å². The van der Waals surface area contributed by atoms with Gasteiger partial charge in [0, 0.05) is 0 Å². The third-order valence-corrected chi connectivity index (χ3v) is 0.700. The van der Waals surface area contributed by atoms with E-state index in [-0.39, 0.29) is 6.67 Å². The van der Waals surface area contributed by atoms with Gasteiger partial charge in [0.1, 0.15) is 6.67 Å². The second kappa shape index (κ2) is 38.0. The molecule has 1 heteroatoms. The highest BCUT2D eigenvalue weighted by molar-refractivity contribution is 4.86. The summed E-state index contributed by atoms with van der Waals surface area (Å²) in [5, 5.41) is 0. The predicted octanol–water partition coefficient (Wildman–Crippen LogP) is 5.72. The van der Waals surface area contributed by atoms with Crippen LogP contribution in [0.15, 0.2) is 37.5 Å². The summed E-state index contributed by atoms with van der Waals surface area (Å²) in [5.41, 5.74) is 0.588. The summed E-state index contributed by atoms with van der Waals surface area (Å²) >= 11 is 0. The Kier molecular flexibility index (Phi) is 60.1. The van der Waals surface area contributed by atoms with Gasteiger partial charge in [-0.25, -0.2) is 4.39 Å². The van der Waals surface area contributed by atoms with Gasteiger partial charge < -0.3 is 0 Å². The van der Waals surface area contributed by atoms with E-state index in [1.54, 1.807) is 6.92 Å². The van der Waals surface area contributed by atoms with Crippen LogP contribution in [0, 0.1) is 0 Å². The van der Waals surface area contributed by atoms with Gasteiger partial charge in [-0.3, -0.25) is 0 Å². The van der Waals surface area contributed by atoms with Crippen LogP contribution < -0.4 is 0 Å². The number of rotatable bonds is 2. The zero-order chi connectivity index (χ0) is 13.1. The normalized spacial score (nSPS) is 7.33. The van der Waals surface area contributed by atoms with E-state index in [9.17, 15) is 4.39 Å². The van der Waals surface area contributed by atoms with Crippen molar-refractivity contribution in [3.05, 3.63) is 37.5 Å². The summed E-state index contributed by atoms with van der Waals surface area (Å²) in [4.78, 5) is 0. The largest absolute Gasteiger partial charge is 0.246 e. The first kappa shape index (κ1) is 23.8. The Hall–Kier alpha value is -0.850. The number of hydrogen-bond donors (Lipinski definition) is 0. The summed E-state index contributed by atoms with van der Waals surface area (Å²) in [6.07, 6.45) is 6.59. The van der Waals surface area contributed by atoms with Gasteiger partial charge >= 0.3 is 0 Å². The molecule has 0 aromatic heterocycles. The second-order valence-electron chi connectivity index (χ2n) is 2.78. The number of allylic oxidation sites excluding steroid dienone is 3. The Morgan fingerprint density at radius 1 is 1.20 bits per heavy atom. The quantitative estimate of drug-likeness (QED) is 0.518. The maximum Gasteiger partial charge on any atom is 0.110 e. The fourth-order valence-electron chi connectivity index (χ4n) is 0.236. The topological polar surface area (TPSA) is 0 Å². The van der Waals surface area contributed by atoms with Crippen LogP contribution in [0.25, 0.3) is 0 Å². The second-order valence-corrected chi connectivity index (χ2v) is 2.78. The maximum atomic E-state index is 11.0. The van der Waals surface area contributed by atoms with Crippen molar-refractivity contribution in [3.63, 3.8) is 0 Å². The van der Waals surface area contributed by atoms with E-state index in [0.717, 1.165) is 6.42 Å². The highest BCUT2D eigenvalue weighted by atomic mass is 19.1. The standard InChI is InChI=1S/C5H10.C4H7F.C3H8.C2H4/c1-3-5-4-2;1-4(2)3-5;1-3-2;1-2/h3,5H,4H2,1-2H3;1,3H2,2H3;3H2,1-2H3;1-2H2/b5-3-;;;. The predicted molar refractivity (Wildman–Crippen MR) is 73.1 cm³/mol. The molecule has 0 aliphatic heterocycles. The van der Waals surface area contributed by atoms with Gasteiger partial charge in [-0.15, -0.1) is 13.2 Å². The van der Waals surface area contributed by atoms with E-state index in [2.05, 4.69) is 52.7 Å². The molecule has 0 rings (SSSR count). The smallest absolute Gasteiger partial charge is 0.110 e. The molecule has 0 N–H and O–H groups in total. The van der Waals surface area contributed by atoms with Gasteiger partial charge in [-0.2, -0.15) is 0 Å². The first-order valence-corrected chi connectivity index (χ1v) is 5.41. The molecule has 0 saturated carbocycles. The molecule has 0 nitrogen and oxygen atoms in total. The molecule has 0 aromatic rings. The highest BCUT2D eigenvalue weighted by Crippen LogP contribution is 1.82. The lowest BCUT2D eigenvalue weighted by Crippen LogP contribution is -1.67. The summed E-state index contributed by atoms with van der Waals surface area (Å²) in [6, 6.07) is 0. The average Bonchev–Trinajstić information content (AvgIpc) is 2.24. The summed E-state index contributed by atoms with van der Waals surface area (Å²) in [6.45, 7) is 19.0. The van der Waals surface area contributed by atoms with E-state index in [1.165, 1.54) is 6.42 Å². The minimum Gasteiger partial charge on any atom is -0.246 e. The Morgan fingerprint density at radius 3 is 1.47 bits per heavy atom. The Labute approximate surface area is 96.6 Å². The van der Waals surface area contributed by atoms with Crippen molar-refractivity contribution >= 4 is 0 Å². The van der Waals surface area contributed by atoms with E-state index in [4.69, 9.17) is 0 Å². The minimum absolute atomic E-state index is 0.389. The van der Waals surface area contributed by atoms with Crippen molar-refractivity contribution in [1.29, 1.82) is 0 Å². The van der Waals surface area contributed by atoms with Crippen molar-refractivity contribution in [2.45, 2.75) is 47.5 Å². The Balaban J connectivity index is -0.0000000574. The molecule has 92 valence electrons. The monoisotopic (exact) mass is 216 g/mol. The van der Waals surface area contributed by atoms with Crippen LogP contribution in [-0.2, 0) is 0 Å². The molecular weight excluding hydrogens is 187 g/mol. The van der Waals surface area contributed by atoms with Crippen molar-refractivity contribution in [1.82, 2.24) is 0 Å². The van der Waals surface area contributed by atoms with E-state index < -0.39 is 0 Å². The molecule has 0 spiro atoms. The molecule has 0 amide bonds. The van der Waals surface area contributed by atoms with Crippen LogP contribution in [0.5, 0.6) is 0 Å². The van der Waals surface area contributed by atoms with Gasteiger partial charge in [-0.05, 0) is 25.8 Å². The van der Waals surface area contributed by atoms with Gasteiger partial charge in [0.15, 0.2) is 0 Å². The van der Waals surface area contributed by atoms with Crippen LogP contribution >= 0.6 is 0 Å². The van der Waals surface area contributed by atoms with E-state index in [0.29, 0.717) is 5.57 Å². The molecule has 0 fully saturated rings. The molecule has 0 saturated heterocycles.